The quantitative estimate of drug-likeness (QED) is 0.793. The van der Waals surface area contributed by atoms with Gasteiger partial charge in [-0.05, 0) is 44.0 Å². The fourth-order valence-electron chi connectivity index (χ4n) is 1.89. The maximum atomic E-state index is 11.7. The summed E-state index contributed by atoms with van der Waals surface area (Å²) in [5, 5.41) is 9.52. The van der Waals surface area contributed by atoms with E-state index in [4.69, 9.17) is 14.4 Å². The summed E-state index contributed by atoms with van der Waals surface area (Å²) in [6.07, 6.45) is 0.957. The number of hydrogen-bond acceptors (Lipinski definition) is 4. The van der Waals surface area contributed by atoms with Gasteiger partial charge in [-0.1, -0.05) is 0 Å². The third-order valence-corrected chi connectivity index (χ3v) is 3.09. The lowest BCUT2D eigenvalue weighted by Crippen LogP contribution is -2.14. The number of aryl methyl sites for hydroxylation is 2. The topological polar surface area (TPSA) is 63.2 Å². The van der Waals surface area contributed by atoms with Crippen molar-refractivity contribution < 1.29 is 13.9 Å². The zero-order valence-corrected chi connectivity index (χ0v) is 11.2. The molecule has 0 unspecified atom stereocenters. The number of nitrogens with zero attached hydrogens (tertiary/aromatic N) is 1. The number of carbonyl (C=O) groups is 1. The molecular formula is C15H15NO3. The summed E-state index contributed by atoms with van der Waals surface area (Å²) in [6.45, 7) is 5.57. The van der Waals surface area contributed by atoms with Crippen molar-refractivity contribution in [1.82, 2.24) is 0 Å². The van der Waals surface area contributed by atoms with Crippen LogP contribution >= 0.6 is 0 Å². The van der Waals surface area contributed by atoms with Gasteiger partial charge >= 0.3 is 5.97 Å². The first kappa shape index (κ1) is 13.2. The van der Waals surface area contributed by atoms with E-state index in [0.29, 0.717) is 0 Å². The van der Waals surface area contributed by atoms with Gasteiger partial charge in [-0.15, -0.1) is 0 Å². The Morgan fingerprint density at radius 2 is 2.11 bits per heavy atom. The highest BCUT2D eigenvalue weighted by Crippen LogP contribution is 2.25. The first-order valence-corrected chi connectivity index (χ1v) is 6.07. The van der Waals surface area contributed by atoms with E-state index in [0.717, 1.165) is 27.7 Å². The molecule has 1 aromatic heterocycles. The minimum absolute atomic E-state index is 0.113. The van der Waals surface area contributed by atoms with Gasteiger partial charge in [-0.3, -0.25) is 4.79 Å². The summed E-state index contributed by atoms with van der Waals surface area (Å²) >= 11 is 0. The highest BCUT2D eigenvalue weighted by atomic mass is 16.5. The first-order chi connectivity index (χ1) is 9.01. The van der Waals surface area contributed by atoms with Crippen LogP contribution in [0.25, 0.3) is 11.0 Å². The molecule has 4 nitrogen and oxygen atoms in total. The van der Waals surface area contributed by atoms with Crippen LogP contribution in [0, 0.1) is 25.2 Å². The number of ether oxygens (including phenoxy) is 1. The van der Waals surface area contributed by atoms with Crippen LogP contribution in [0.1, 0.15) is 23.6 Å². The van der Waals surface area contributed by atoms with E-state index in [1.165, 1.54) is 0 Å². The summed E-state index contributed by atoms with van der Waals surface area (Å²) in [5.74, 6) is -0.421. The molecule has 0 radical (unpaired) electrons. The molecule has 1 heterocycles. The lowest BCUT2D eigenvalue weighted by molar-refractivity contribution is -0.145. The van der Waals surface area contributed by atoms with E-state index in [9.17, 15) is 4.79 Å². The Labute approximate surface area is 111 Å². The van der Waals surface area contributed by atoms with Crippen LogP contribution in [0.4, 0.5) is 0 Å². The molecule has 0 aliphatic rings. The second-order valence-corrected chi connectivity index (χ2v) is 4.63. The van der Waals surface area contributed by atoms with Gasteiger partial charge in [-0.25, -0.2) is 0 Å². The van der Waals surface area contributed by atoms with E-state index in [-0.39, 0.29) is 6.42 Å². The molecule has 98 valence electrons. The van der Waals surface area contributed by atoms with Gasteiger partial charge in [0.05, 0.1) is 12.7 Å². The Bertz CT molecular complexity index is 664. The molecule has 1 aromatic carbocycles. The number of carbonyl (C=O) groups excluding carboxylic acids is 1. The molecule has 0 N–H and O–H groups in total. The molecule has 0 fully saturated rings. The standard InChI is InChI=1S/C15H15NO3/c1-9-4-13-12(6-15(17)19-11(3)7-16)8-18-14(13)5-10(9)2/h4-5,8,11H,6H2,1-3H3/t11-/m1/s1. The van der Waals surface area contributed by atoms with Crippen LogP contribution in [0.5, 0.6) is 0 Å². The van der Waals surface area contributed by atoms with Gasteiger partial charge in [0, 0.05) is 10.9 Å². The minimum Gasteiger partial charge on any atom is -0.464 e. The van der Waals surface area contributed by atoms with E-state index in [1.54, 1.807) is 13.2 Å². The Morgan fingerprint density at radius 3 is 2.79 bits per heavy atom. The molecule has 1 atom stereocenters. The number of hydrogen-bond donors (Lipinski definition) is 0. The van der Waals surface area contributed by atoms with Crippen molar-refractivity contribution in [3.05, 3.63) is 35.1 Å². The van der Waals surface area contributed by atoms with Gasteiger partial charge in [0.2, 0.25) is 0 Å². The smallest absolute Gasteiger partial charge is 0.311 e. The number of fused-ring (bicyclic) bond motifs is 1. The fourth-order valence-corrected chi connectivity index (χ4v) is 1.89. The third kappa shape index (κ3) is 2.76. The predicted octanol–water partition coefficient (Wildman–Crippen LogP) is 3.05. The molecule has 0 saturated heterocycles. The van der Waals surface area contributed by atoms with E-state index in [1.807, 2.05) is 32.0 Å². The molecular weight excluding hydrogens is 242 g/mol. The lowest BCUT2D eigenvalue weighted by Gasteiger charge is -2.05. The molecule has 4 heteroatoms. The Balaban J connectivity index is 2.25. The highest BCUT2D eigenvalue weighted by Gasteiger charge is 2.14. The highest BCUT2D eigenvalue weighted by molar-refractivity contribution is 5.86. The van der Waals surface area contributed by atoms with Crippen molar-refractivity contribution in [3.8, 4) is 6.07 Å². The molecule has 0 spiro atoms. The number of furan rings is 1. The maximum Gasteiger partial charge on any atom is 0.311 e. The van der Waals surface area contributed by atoms with Gasteiger partial charge in [0.25, 0.3) is 0 Å². The molecule has 2 rings (SSSR count). The third-order valence-electron chi connectivity index (χ3n) is 3.09. The molecule has 0 amide bonds. The van der Waals surface area contributed by atoms with Crippen LogP contribution in [0.2, 0.25) is 0 Å². The number of esters is 1. The Hall–Kier alpha value is -2.28. The zero-order chi connectivity index (χ0) is 14.0. The Kier molecular flexibility index (Phi) is 3.57. The largest absolute Gasteiger partial charge is 0.464 e. The number of nitriles is 1. The molecule has 0 aliphatic heterocycles. The number of rotatable bonds is 3. The normalized spacial score (nSPS) is 12.1. The van der Waals surface area contributed by atoms with Crippen molar-refractivity contribution in [3.63, 3.8) is 0 Å². The van der Waals surface area contributed by atoms with Gasteiger partial charge in [0.15, 0.2) is 6.10 Å². The van der Waals surface area contributed by atoms with Crippen molar-refractivity contribution in [2.45, 2.75) is 33.3 Å². The molecule has 2 aromatic rings. The van der Waals surface area contributed by atoms with Gasteiger partial charge < -0.3 is 9.15 Å². The molecule has 19 heavy (non-hydrogen) atoms. The minimum atomic E-state index is -0.727. The van der Waals surface area contributed by atoms with Crippen molar-refractivity contribution in [1.29, 1.82) is 5.26 Å². The van der Waals surface area contributed by atoms with Crippen LogP contribution in [-0.2, 0) is 16.0 Å². The lowest BCUT2D eigenvalue weighted by atomic mass is 10.0. The average molecular weight is 257 g/mol. The van der Waals surface area contributed by atoms with Crippen LogP contribution in [0.3, 0.4) is 0 Å². The molecule has 0 bridgehead atoms. The van der Waals surface area contributed by atoms with E-state index < -0.39 is 12.1 Å². The molecule has 0 aliphatic carbocycles. The van der Waals surface area contributed by atoms with Crippen LogP contribution in [0.15, 0.2) is 22.8 Å². The Morgan fingerprint density at radius 1 is 1.42 bits per heavy atom. The van der Waals surface area contributed by atoms with E-state index in [2.05, 4.69) is 0 Å². The predicted molar refractivity (Wildman–Crippen MR) is 70.6 cm³/mol. The SMILES string of the molecule is Cc1cc2occ(CC(=O)O[C@H](C)C#N)c2cc1C. The summed E-state index contributed by atoms with van der Waals surface area (Å²) in [5.41, 5.74) is 3.84. The molecule has 0 saturated carbocycles. The number of benzene rings is 1. The first-order valence-electron chi connectivity index (χ1n) is 6.07. The van der Waals surface area contributed by atoms with Gasteiger partial charge in [0.1, 0.15) is 11.7 Å². The van der Waals surface area contributed by atoms with Crippen LogP contribution < -0.4 is 0 Å². The second kappa shape index (κ2) is 5.15. The van der Waals surface area contributed by atoms with E-state index >= 15 is 0 Å². The summed E-state index contributed by atoms with van der Waals surface area (Å²) < 4.78 is 10.4. The van der Waals surface area contributed by atoms with Gasteiger partial charge in [-0.2, -0.15) is 5.26 Å². The van der Waals surface area contributed by atoms with Crippen molar-refractivity contribution in [2.24, 2.45) is 0 Å². The monoisotopic (exact) mass is 257 g/mol. The second-order valence-electron chi connectivity index (χ2n) is 4.63. The van der Waals surface area contributed by atoms with Crippen molar-refractivity contribution >= 4 is 16.9 Å². The summed E-state index contributed by atoms with van der Waals surface area (Å²) in [7, 11) is 0. The maximum absolute atomic E-state index is 11.7. The fraction of sp³-hybridized carbons (Fsp3) is 0.333. The summed E-state index contributed by atoms with van der Waals surface area (Å²) in [6, 6.07) is 5.82. The average Bonchev–Trinajstić information content (AvgIpc) is 2.72. The van der Waals surface area contributed by atoms with Crippen LogP contribution in [-0.4, -0.2) is 12.1 Å². The van der Waals surface area contributed by atoms with Crippen molar-refractivity contribution in [2.75, 3.05) is 0 Å². The summed E-state index contributed by atoms with van der Waals surface area (Å²) in [4.78, 5) is 11.7. The zero-order valence-electron chi connectivity index (χ0n) is 11.2.